The Balaban J connectivity index is 1.82. The normalized spacial score (nSPS) is 36.9. The van der Waals surface area contributed by atoms with Crippen molar-refractivity contribution < 1.29 is 14.2 Å². The summed E-state index contributed by atoms with van der Waals surface area (Å²) in [7, 11) is 1.65. The molecule has 0 aromatic rings. The number of hydrogen-bond acceptors (Lipinski definition) is 3. The zero-order valence-electron chi connectivity index (χ0n) is 11.0. The predicted octanol–water partition coefficient (Wildman–Crippen LogP) is 3.62. The average Bonchev–Trinajstić information content (AvgIpc) is 2.72. The number of hydrogen-bond donors (Lipinski definition) is 0. The second-order valence-electron chi connectivity index (χ2n) is 5.28. The zero-order chi connectivity index (χ0) is 11.9. The van der Waals surface area contributed by atoms with Gasteiger partial charge in [-0.05, 0) is 12.8 Å². The summed E-state index contributed by atoms with van der Waals surface area (Å²) >= 11 is 0. The van der Waals surface area contributed by atoms with Crippen molar-refractivity contribution >= 4 is 0 Å². The van der Waals surface area contributed by atoms with E-state index in [9.17, 15) is 0 Å². The molecule has 0 radical (unpaired) electrons. The summed E-state index contributed by atoms with van der Waals surface area (Å²) in [4.78, 5) is 0. The minimum atomic E-state index is -0.421. The Morgan fingerprint density at radius 1 is 0.706 bits per heavy atom. The van der Waals surface area contributed by atoms with Gasteiger partial charge in [-0.1, -0.05) is 51.4 Å². The molecule has 1 aliphatic carbocycles. The number of methoxy groups -OCH3 is 1. The first-order valence-electron chi connectivity index (χ1n) is 7.24. The highest BCUT2D eigenvalue weighted by atomic mass is 16.9. The molecule has 3 nitrogen and oxygen atoms in total. The first-order chi connectivity index (χ1) is 8.40. The molecule has 0 aromatic heterocycles. The summed E-state index contributed by atoms with van der Waals surface area (Å²) in [6.45, 7) is -0.421. The number of fused-ring (bicyclic) bond motifs is 1. The van der Waals surface area contributed by atoms with E-state index in [1.807, 2.05) is 0 Å². The molecular weight excluding hydrogens is 216 g/mol. The van der Waals surface area contributed by atoms with Gasteiger partial charge in [-0.25, -0.2) is 0 Å². The van der Waals surface area contributed by atoms with E-state index in [1.54, 1.807) is 7.11 Å². The number of rotatable bonds is 1. The summed E-state index contributed by atoms with van der Waals surface area (Å²) in [5.41, 5.74) is 0. The first-order valence-corrected chi connectivity index (χ1v) is 7.24. The highest BCUT2D eigenvalue weighted by molar-refractivity contribution is 4.76. The molecule has 2 aliphatic rings. The Morgan fingerprint density at radius 3 is 1.53 bits per heavy atom. The van der Waals surface area contributed by atoms with Gasteiger partial charge in [0, 0.05) is 7.11 Å². The largest absolute Gasteiger partial charge is 0.333 e. The van der Waals surface area contributed by atoms with Gasteiger partial charge in [0.15, 0.2) is 0 Å². The maximum atomic E-state index is 5.77. The van der Waals surface area contributed by atoms with Crippen LogP contribution < -0.4 is 0 Å². The van der Waals surface area contributed by atoms with Crippen molar-refractivity contribution in [3.8, 4) is 0 Å². The van der Waals surface area contributed by atoms with Crippen LogP contribution >= 0.6 is 0 Å². The lowest BCUT2D eigenvalue weighted by atomic mass is 9.98. The van der Waals surface area contributed by atoms with Gasteiger partial charge in [0.05, 0.1) is 12.2 Å². The monoisotopic (exact) mass is 242 g/mol. The van der Waals surface area contributed by atoms with Gasteiger partial charge < -0.3 is 14.2 Å². The Kier molecular flexibility index (Phi) is 5.75. The average molecular weight is 242 g/mol. The molecule has 0 bridgehead atoms. The van der Waals surface area contributed by atoms with E-state index in [0.29, 0.717) is 0 Å². The van der Waals surface area contributed by atoms with Crippen molar-refractivity contribution in [1.82, 2.24) is 0 Å². The molecule has 1 heterocycles. The third-order valence-electron chi connectivity index (χ3n) is 3.91. The van der Waals surface area contributed by atoms with Crippen molar-refractivity contribution in [1.29, 1.82) is 0 Å². The summed E-state index contributed by atoms with van der Waals surface area (Å²) in [6.07, 6.45) is 13.6. The highest BCUT2D eigenvalue weighted by Gasteiger charge is 2.35. The summed E-state index contributed by atoms with van der Waals surface area (Å²) in [5, 5.41) is 0. The minimum absolute atomic E-state index is 0.263. The van der Waals surface area contributed by atoms with Crippen LogP contribution in [0.5, 0.6) is 0 Å². The Bertz CT molecular complexity index is 188. The second-order valence-corrected chi connectivity index (χ2v) is 5.28. The quantitative estimate of drug-likeness (QED) is 0.703. The first kappa shape index (κ1) is 13.3. The maximum absolute atomic E-state index is 5.77. The summed E-state index contributed by atoms with van der Waals surface area (Å²) in [5.74, 6) is 0. The molecular formula is C14H26O3. The van der Waals surface area contributed by atoms with Crippen molar-refractivity contribution in [3.63, 3.8) is 0 Å². The van der Waals surface area contributed by atoms with Crippen LogP contribution in [0.25, 0.3) is 0 Å². The van der Waals surface area contributed by atoms with Crippen LogP contribution in [0.15, 0.2) is 0 Å². The van der Waals surface area contributed by atoms with E-state index in [-0.39, 0.29) is 12.2 Å². The molecule has 2 unspecified atom stereocenters. The lowest BCUT2D eigenvalue weighted by Gasteiger charge is -2.17. The van der Waals surface area contributed by atoms with Gasteiger partial charge in [0.25, 0.3) is 6.48 Å². The molecule has 0 amide bonds. The molecule has 1 saturated heterocycles. The molecule has 2 atom stereocenters. The van der Waals surface area contributed by atoms with E-state index in [0.717, 1.165) is 12.8 Å². The molecule has 3 heteroatoms. The molecule has 100 valence electrons. The van der Waals surface area contributed by atoms with E-state index < -0.39 is 6.48 Å². The minimum Gasteiger partial charge on any atom is -0.333 e. The van der Waals surface area contributed by atoms with Crippen LogP contribution in [0.4, 0.5) is 0 Å². The van der Waals surface area contributed by atoms with Gasteiger partial charge in [-0.15, -0.1) is 0 Å². The van der Waals surface area contributed by atoms with E-state index in [2.05, 4.69) is 0 Å². The molecule has 2 fully saturated rings. The standard InChI is InChI=1S/C14H26O3/c1-15-14-16-12-10-8-6-4-2-3-5-7-9-11-13(12)17-14/h12-14H,2-11H2,1H3. The lowest BCUT2D eigenvalue weighted by Crippen LogP contribution is -2.22. The Morgan fingerprint density at radius 2 is 1.12 bits per heavy atom. The SMILES string of the molecule is COC1OC2CCCCCCCCCCC2O1. The van der Waals surface area contributed by atoms with Gasteiger partial charge in [-0.2, -0.15) is 0 Å². The molecule has 0 spiro atoms. The third-order valence-corrected chi connectivity index (χ3v) is 3.91. The third kappa shape index (κ3) is 4.23. The Hall–Kier alpha value is -0.120. The molecule has 1 aliphatic heterocycles. The fraction of sp³-hybridized carbons (Fsp3) is 1.00. The van der Waals surface area contributed by atoms with Crippen molar-refractivity contribution in [2.24, 2.45) is 0 Å². The molecule has 0 N–H and O–H groups in total. The van der Waals surface area contributed by atoms with Crippen LogP contribution in [0.3, 0.4) is 0 Å². The summed E-state index contributed by atoms with van der Waals surface area (Å²) in [6, 6.07) is 0. The van der Waals surface area contributed by atoms with E-state index in [4.69, 9.17) is 14.2 Å². The van der Waals surface area contributed by atoms with Gasteiger partial charge in [0.2, 0.25) is 0 Å². The molecule has 2 rings (SSSR count). The second kappa shape index (κ2) is 7.34. The Labute approximate surface area is 105 Å². The fourth-order valence-corrected chi connectivity index (χ4v) is 2.86. The van der Waals surface area contributed by atoms with Crippen molar-refractivity contribution in [2.75, 3.05) is 7.11 Å². The smallest absolute Gasteiger partial charge is 0.272 e. The van der Waals surface area contributed by atoms with Crippen molar-refractivity contribution in [2.45, 2.75) is 82.9 Å². The van der Waals surface area contributed by atoms with Crippen LogP contribution in [0.1, 0.15) is 64.2 Å². The van der Waals surface area contributed by atoms with Crippen LogP contribution in [0.2, 0.25) is 0 Å². The summed E-state index contributed by atoms with van der Waals surface area (Å²) < 4.78 is 16.7. The van der Waals surface area contributed by atoms with Crippen molar-refractivity contribution in [3.05, 3.63) is 0 Å². The van der Waals surface area contributed by atoms with Gasteiger partial charge in [0.1, 0.15) is 0 Å². The van der Waals surface area contributed by atoms with E-state index in [1.165, 1.54) is 51.4 Å². The van der Waals surface area contributed by atoms with Crippen LogP contribution in [0, 0.1) is 0 Å². The van der Waals surface area contributed by atoms with Crippen LogP contribution in [-0.4, -0.2) is 25.8 Å². The van der Waals surface area contributed by atoms with E-state index >= 15 is 0 Å². The van der Waals surface area contributed by atoms with Crippen LogP contribution in [-0.2, 0) is 14.2 Å². The van der Waals surface area contributed by atoms with Gasteiger partial charge >= 0.3 is 0 Å². The fourth-order valence-electron chi connectivity index (χ4n) is 2.86. The molecule has 1 saturated carbocycles. The topological polar surface area (TPSA) is 27.7 Å². The predicted molar refractivity (Wildman–Crippen MR) is 66.7 cm³/mol. The zero-order valence-corrected chi connectivity index (χ0v) is 11.0. The van der Waals surface area contributed by atoms with Gasteiger partial charge in [-0.3, -0.25) is 0 Å². The number of ether oxygens (including phenoxy) is 3. The maximum Gasteiger partial charge on any atom is 0.272 e. The lowest BCUT2D eigenvalue weighted by molar-refractivity contribution is -0.229. The molecule has 0 aromatic carbocycles. The highest BCUT2D eigenvalue weighted by Crippen LogP contribution is 2.28. The molecule has 17 heavy (non-hydrogen) atoms.